The van der Waals surface area contributed by atoms with Gasteiger partial charge in [-0.1, -0.05) is 61.9 Å². The van der Waals surface area contributed by atoms with Crippen LogP contribution in [0.2, 0.25) is 0 Å². The average molecular weight is 511 g/mol. The van der Waals surface area contributed by atoms with Crippen molar-refractivity contribution in [2.24, 2.45) is 5.73 Å². The first kappa shape index (κ1) is 24.9. The Morgan fingerprint density at radius 1 is 1.08 bits per heavy atom. The average Bonchev–Trinajstić information content (AvgIpc) is 3.63. The zero-order valence-electron chi connectivity index (χ0n) is 21.6. The number of fused-ring (bicyclic) bond motifs is 1. The number of H-pyrrole nitrogens is 1. The van der Waals surface area contributed by atoms with Crippen LogP contribution in [0, 0.1) is 0 Å². The Balaban J connectivity index is 1.44. The second kappa shape index (κ2) is 10.7. The number of aromatic nitrogens is 5. The third kappa shape index (κ3) is 4.93. The van der Waals surface area contributed by atoms with Crippen molar-refractivity contribution in [1.82, 2.24) is 25.6 Å². The van der Waals surface area contributed by atoms with Crippen LogP contribution in [-0.4, -0.2) is 45.2 Å². The molecule has 0 spiro atoms. The minimum atomic E-state index is -0.533. The van der Waals surface area contributed by atoms with Crippen molar-refractivity contribution in [3.05, 3.63) is 72.3 Å². The number of unbranched alkanes of at least 4 members (excludes halogenated alkanes) is 1. The summed E-state index contributed by atoms with van der Waals surface area (Å²) in [5.74, 6) is 0.560. The van der Waals surface area contributed by atoms with Gasteiger partial charge in [0.05, 0.1) is 6.04 Å². The van der Waals surface area contributed by atoms with E-state index >= 15 is 0 Å². The largest absolute Gasteiger partial charge is 0.423 e. The Morgan fingerprint density at radius 2 is 1.84 bits per heavy atom. The molecule has 2 heterocycles. The number of nitrogens with zero attached hydrogens (tertiary/aromatic N) is 6. The molecule has 3 aromatic carbocycles. The van der Waals surface area contributed by atoms with Gasteiger partial charge in [-0.15, -0.1) is 10.2 Å². The van der Waals surface area contributed by atoms with E-state index in [1.54, 1.807) is 13.1 Å². The molecule has 5 rings (SSSR count). The molecule has 2 amide bonds. The molecule has 1 atom stereocenters. The van der Waals surface area contributed by atoms with Crippen LogP contribution < -0.4 is 15.5 Å². The lowest BCUT2D eigenvalue weighted by atomic mass is 9.97. The minimum Gasteiger partial charge on any atom is -0.423 e. The Bertz CT molecular complexity index is 1530. The highest BCUT2D eigenvalue weighted by Crippen LogP contribution is 2.34. The highest BCUT2D eigenvalue weighted by atomic mass is 16.4. The fourth-order valence-corrected chi connectivity index (χ4v) is 4.47. The molecule has 0 saturated carbocycles. The quantitative estimate of drug-likeness (QED) is 0.265. The SMILES string of the molecule is CCCCN(c1nc2cc(N(C)C(N)=O)ccc2o1)[C@H](C)c1ccc(-c2ccccc2-c2nn[nH]n2)cc1. The predicted octanol–water partition coefficient (Wildman–Crippen LogP) is 5.56. The van der Waals surface area contributed by atoms with Crippen molar-refractivity contribution in [3.8, 4) is 22.5 Å². The molecule has 0 saturated heterocycles. The predicted molar refractivity (Wildman–Crippen MR) is 148 cm³/mol. The number of nitrogens with two attached hydrogens (primary N) is 1. The minimum absolute atomic E-state index is 0.0175. The molecule has 0 unspecified atom stereocenters. The number of nitrogens with one attached hydrogen (secondary N) is 1. The molecule has 5 aromatic rings. The van der Waals surface area contributed by atoms with E-state index in [1.807, 2.05) is 30.3 Å². The topological polar surface area (TPSA) is 130 Å². The fraction of sp³-hybridized carbons (Fsp3) is 0.250. The lowest BCUT2D eigenvalue weighted by Gasteiger charge is -2.28. The van der Waals surface area contributed by atoms with Gasteiger partial charge in [0.2, 0.25) is 5.82 Å². The number of hydrogen-bond acceptors (Lipinski definition) is 7. The molecule has 10 nitrogen and oxygen atoms in total. The van der Waals surface area contributed by atoms with E-state index in [-0.39, 0.29) is 6.04 Å². The summed E-state index contributed by atoms with van der Waals surface area (Å²) in [6, 6.07) is 22.0. The van der Waals surface area contributed by atoms with Gasteiger partial charge in [0.25, 0.3) is 6.01 Å². The first-order valence-electron chi connectivity index (χ1n) is 12.6. The summed E-state index contributed by atoms with van der Waals surface area (Å²) in [7, 11) is 1.63. The Morgan fingerprint density at radius 3 is 2.53 bits per heavy atom. The number of urea groups is 1. The highest BCUT2D eigenvalue weighted by Gasteiger charge is 2.22. The molecule has 3 N–H and O–H groups in total. The maximum atomic E-state index is 11.6. The standard InChI is InChI=1S/C28H30N8O2/c1-4-5-16-36(28-30-24-17-21(35(3)27(29)37)14-15-25(24)38-28)18(2)19-10-12-20(13-11-19)22-8-6-7-9-23(22)26-31-33-34-32-26/h6-15,17-18H,4-5,16H2,1-3H3,(H2,29,37)(H,31,32,33,34)/t18-/m1/s1. The third-order valence-corrected chi connectivity index (χ3v) is 6.76. The van der Waals surface area contributed by atoms with E-state index in [9.17, 15) is 4.79 Å². The van der Waals surface area contributed by atoms with Gasteiger partial charge in [-0.2, -0.15) is 10.2 Å². The summed E-state index contributed by atoms with van der Waals surface area (Å²) >= 11 is 0. The number of tetrazole rings is 1. The van der Waals surface area contributed by atoms with Crippen molar-refractivity contribution in [1.29, 1.82) is 0 Å². The highest BCUT2D eigenvalue weighted by molar-refractivity contribution is 5.92. The fourth-order valence-electron chi connectivity index (χ4n) is 4.47. The number of benzene rings is 3. The van der Waals surface area contributed by atoms with Crippen LogP contribution in [0.1, 0.15) is 38.3 Å². The van der Waals surface area contributed by atoms with Gasteiger partial charge >= 0.3 is 6.03 Å². The number of hydrogen-bond donors (Lipinski definition) is 2. The zero-order chi connectivity index (χ0) is 26.6. The number of carbonyl (C=O) groups is 1. The van der Waals surface area contributed by atoms with Crippen LogP contribution in [0.3, 0.4) is 0 Å². The summed E-state index contributed by atoms with van der Waals surface area (Å²) in [6.07, 6.45) is 2.04. The van der Waals surface area contributed by atoms with E-state index in [1.165, 1.54) is 4.90 Å². The van der Waals surface area contributed by atoms with Gasteiger partial charge in [0.15, 0.2) is 5.58 Å². The molecular weight excluding hydrogens is 480 g/mol. The van der Waals surface area contributed by atoms with Gasteiger partial charge in [-0.3, -0.25) is 4.90 Å². The molecule has 0 radical (unpaired) electrons. The number of aromatic amines is 1. The maximum absolute atomic E-state index is 11.6. The van der Waals surface area contributed by atoms with Gasteiger partial charge in [-0.05, 0) is 53.4 Å². The number of oxazole rings is 1. The van der Waals surface area contributed by atoms with E-state index in [0.717, 1.165) is 41.6 Å². The Labute approximate surface area is 220 Å². The van der Waals surface area contributed by atoms with Crippen LogP contribution >= 0.6 is 0 Å². The summed E-state index contributed by atoms with van der Waals surface area (Å²) in [4.78, 5) is 19.9. The van der Waals surface area contributed by atoms with Gasteiger partial charge < -0.3 is 15.1 Å². The van der Waals surface area contributed by atoms with Crippen molar-refractivity contribution in [2.45, 2.75) is 32.7 Å². The second-order valence-electron chi connectivity index (χ2n) is 9.17. The Hall–Kier alpha value is -4.73. The first-order valence-corrected chi connectivity index (χ1v) is 12.6. The van der Waals surface area contributed by atoms with E-state index in [4.69, 9.17) is 15.1 Å². The number of rotatable bonds is 9. The van der Waals surface area contributed by atoms with E-state index in [0.29, 0.717) is 28.6 Å². The summed E-state index contributed by atoms with van der Waals surface area (Å²) < 4.78 is 6.17. The van der Waals surface area contributed by atoms with E-state index in [2.05, 4.69) is 69.7 Å². The van der Waals surface area contributed by atoms with Crippen molar-refractivity contribution in [3.63, 3.8) is 0 Å². The van der Waals surface area contributed by atoms with Crippen molar-refractivity contribution >= 4 is 28.8 Å². The monoisotopic (exact) mass is 510 g/mol. The normalized spacial score (nSPS) is 12.0. The van der Waals surface area contributed by atoms with Crippen LogP contribution in [0.4, 0.5) is 16.5 Å². The van der Waals surface area contributed by atoms with Crippen LogP contribution in [0.25, 0.3) is 33.6 Å². The number of anilines is 2. The number of amides is 2. The van der Waals surface area contributed by atoms with Crippen molar-refractivity contribution in [2.75, 3.05) is 23.4 Å². The molecule has 0 aliphatic carbocycles. The molecule has 38 heavy (non-hydrogen) atoms. The maximum Gasteiger partial charge on any atom is 0.318 e. The second-order valence-corrected chi connectivity index (χ2v) is 9.17. The van der Waals surface area contributed by atoms with Gasteiger partial charge in [0.1, 0.15) is 5.52 Å². The first-order chi connectivity index (χ1) is 18.5. The lowest BCUT2D eigenvalue weighted by Crippen LogP contribution is -2.31. The summed E-state index contributed by atoms with van der Waals surface area (Å²) in [5, 5.41) is 14.5. The molecule has 0 bridgehead atoms. The van der Waals surface area contributed by atoms with Crippen LogP contribution in [0.15, 0.2) is 71.1 Å². The molecule has 0 aliphatic heterocycles. The number of carbonyl (C=O) groups excluding carboxylic acids is 1. The van der Waals surface area contributed by atoms with Crippen LogP contribution in [-0.2, 0) is 0 Å². The molecular formula is C28H30N8O2. The van der Waals surface area contributed by atoms with Gasteiger partial charge in [-0.25, -0.2) is 4.79 Å². The van der Waals surface area contributed by atoms with Crippen molar-refractivity contribution < 1.29 is 9.21 Å². The Kier molecular flexibility index (Phi) is 7.03. The summed E-state index contributed by atoms with van der Waals surface area (Å²) in [5.41, 5.74) is 11.6. The molecule has 0 aliphatic rings. The molecule has 2 aromatic heterocycles. The smallest absolute Gasteiger partial charge is 0.318 e. The van der Waals surface area contributed by atoms with Crippen LogP contribution in [0.5, 0.6) is 0 Å². The molecule has 10 heteroatoms. The van der Waals surface area contributed by atoms with E-state index < -0.39 is 6.03 Å². The van der Waals surface area contributed by atoms with Gasteiger partial charge in [0, 0.05) is 24.8 Å². The summed E-state index contributed by atoms with van der Waals surface area (Å²) in [6.45, 7) is 5.11. The zero-order valence-corrected chi connectivity index (χ0v) is 21.6. The molecule has 0 fully saturated rings. The number of primary amides is 1. The third-order valence-electron chi connectivity index (χ3n) is 6.76. The molecule has 194 valence electrons. The lowest BCUT2D eigenvalue weighted by molar-refractivity contribution is 0.255.